The zero-order valence-corrected chi connectivity index (χ0v) is 16.7. The summed E-state index contributed by atoms with van der Waals surface area (Å²) in [6.45, 7) is 3.85. The minimum absolute atomic E-state index is 0.0116. The molecule has 0 saturated carbocycles. The van der Waals surface area contributed by atoms with Crippen LogP contribution in [0.1, 0.15) is 19.4 Å². The van der Waals surface area contributed by atoms with Crippen molar-refractivity contribution >= 4 is 38.7 Å². The van der Waals surface area contributed by atoms with Crippen LogP contribution < -0.4 is 15.5 Å². The number of nitrogens with one attached hydrogen (secondary N) is 2. The Labute approximate surface area is 164 Å². The summed E-state index contributed by atoms with van der Waals surface area (Å²) in [5.74, 6) is -0.156. The van der Waals surface area contributed by atoms with Crippen LogP contribution in [0.25, 0.3) is 0 Å². The molecule has 8 heteroatoms. The molecule has 0 fully saturated rings. The van der Waals surface area contributed by atoms with E-state index in [4.69, 9.17) is 0 Å². The van der Waals surface area contributed by atoms with E-state index in [9.17, 15) is 18.0 Å². The van der Waals surface area contributed by atoms with E-state index >= 15 is 0 Å². The molecule has 2 aromatic carbocycles. The minimum Gasteiger partial charge on any atom is -0.376 e. The lowest BCUT2D eigenvalue weighted by Crippen LogP contribution is -2.25. The molecule has 2 amide bonds. The fourth-order valence-corrected chi connectivity index (χ4v) is 4.03. The molecule has 148 valence electrons. The van der Waals surface area contributed by atoms with Crippen LogP contribution in [0.15, 0.2) is 47.4 Å². The Morgan fingerprint density at radius 3 is 2.39 bits per heavy atom. The van der Waals surface area contributed by atoms with Crippen molar-refractivity contribution in [3.63, 3.8) is 0 Å². The molecule has 1 aliphatic heterocycles. The summed E-state index contributed by atoms with van der Waals surface area (Å²) < 4.78 is 23.6. The quantitative estimate of drug-likeness (QED) is 0.775. The van der Waals surface area contributed by atoms with E-state index in [0.29, 0.717) is 17.9 Å². The van der Waals surface area contributed by atoms with Crippen molar-refractivity contribution in [2.75, 3.05) is 34.4 Å². The molecule has 1 aliphatic rings. The first kappa shape index (κ1) is 19.9. The summed E-state index contributed by atoms with van der Waals surface area (Å²) in [6, 6.07) is 11.9. The Balaban J connectivity index is 1.57. The fraction of sp³-hybridized carbons (Fsp3) is 0.300. The van der Waals surface area contributed by atoms with E-state index in [2.05, 4.69) is 10.6 Å². The third-order valence-electron chi connectivity index (χ3n) is 4.69. The Kier molecular flexibility index (Phi) is 5.69. The molecule has 0 bridgehead atoms. The van der Waals surface area contributed by atoms with E-state index in [1.165, 1.54) is 12.1 Å². The molecule has 0 aliphatic carbocycles. The molecule has 0 unspecified atom stereocenters. The molecule has 0 atom stereocenters. The number of hydrogen-bond donors (Lipinski definition) is 2. The van der Waals surface area contributed by atoms with Crippen molar-refractivity contribution in [2.45, 2.75) is 25.2 Å². The Hall–Kier alpha value is -2.87. The highest BCUT2D eigenvalue weighted by Gasteiger charge is 2.22. The summed E-state index contributed by atoms with van der Waals surface area (Å²) in [5.41, 5.74) is 3.27. The van der Waals surface area contributed by atoms with Crippen molar-refractivity contribution in [3.8, 4) is 0 Å². The van der Waals surface area contributed by atoms with Crippen LogP contribution in [0.2, 0.25) is 0 Å². The van der Waals surface area contributed by atoms with E-state index in [1.54, 1.807) is 36.9 Å². The molecular weight excluding hydrogens is 378 g/mol. The molecule has 2 aromatic rings. The number of amides is 2. The maximum Gasteiger partial charge on any atom is 0.243 e. The van der Waals surface area contributed by atoms with Gasteiger partial charge in [0.1, 0.15) is 0 Å². The Morgan fingerprint density at radius 2 is 1.75 bits per heavy atom. The number of carbonyl (C=O) groups excluding carboxylic acids is 2. The molecule has 1 heterocycles. The predicted octanol–water partition coefficient (Wildman–Crippen LogP) is 2.44. The minimum atomic E-state index is -3.23. The average Bonchev–Trinajstić information content (AvgIpc) is 3.10. The van der Waals surface area contributed by atoms with Gasteiger partial charge in [0.15, 0.2) is 9.84 Å². The summed E-state index contributed by atoms with van der Waals surface area (Å²) in [5, 5.41) is 5.81. The van der Waals surface area contributed by atoms with Crippen molar-refractivity contribution in [1.82, 2.24) is 0 Å². The number of anilines is 3. The van der Waals surface area contributed by atoms with Gasteiger partial charge >= 0.3 is 0 Å². The smallest absolute Gasteiger partial charge is 0.243 e. The molecule has 0 saturated heterocycles. The summed E-state index contributed by atoms with van der Waals surface area (Å²) >= 11 is 0. The number of sulfone groups is 1. The van der Waals surface area contributed by atoms with Gasteiger partial charge in [-0.3, -0.25) is 9.59 Å². The second-order valence-electron chi connectivity index (χ2n) is 6.59. The van der Waals surface area contributed by atoms with Crippen LogP contribution in [0, 0.1) is 0 Å². The third-order valence-corrected chi connectivity index (χ3v) is 6.44. The molecular formula is C20H23N3O4S. The Bertz CT molecular complexity index is 1000. The van der Waals surface area contributed by atoms with E-state index in [-0.39, 0.29) is 29.0 Å². The van der Waals surface area contributed by atoms with Gasteiger partial charge in [0, 0.05) is 30.5 Å². The highest BCUT2D eigenvalue weighted by Crippen LogP contribution is 2.30. The van der Waals surface area contributed by atoms with E-state index < -0.39 is 9.84 Å². The van der Waals surface area contributed by atoms with Gasteiger partial charge < -0.3 is 15.5 Å². The Morgan fingerprint density at radius 1 is 1.07 bits per heavy atom. The van der Waals surface area contributed by atoms with E-state index in [0.717, 1.165) is 17.7 Å². The SMILES string of the molecule is CCS(=O)(=O)c1ccc(NCC(=O)Nc2ccc3c(c2)CCN3C(C)=O)cc1. The maximum absolute atomic E-state index is 12.2. The highest BCUT2D eigenvalue weighted by atomic mass is 32.2. The lowest BCUT2D eigenvalue weighted by atomic mass is 10.1. The van der Waals surface area contributed by atoms with Gasteiger partial charge in [-0.15, -0.1) is 0 Å². The summed E-state index contributed by atoms with van der Waals surface area (Å²) in [7, 11) is -3.23. The largest absolute Gasteiger partial charge is 0.376 e. The van der Waals surface area contributed by atoms with Crippen LogP contribution in [0.4, 0.5) is 17.1 Å². The van der Waals surface area contributed by atoms with Gasteiger partial charge in [-0.1, -0.05) is 6.92 Å². The standard InChI is InChI=1S/C20H23N3O4S/c1-3-28(26,27)18-7-4-16(5-8-18)21-13-20(25)22-17-6-9-19-15(12-17)10-11-23(19)14(2)24/h4-9,12,21H,3,10-11,13H2,1-2H3,(H,22,25). The first-order chi connectivity index (χ1) is 13.3. The molecule has 0 radical (unpaired) electrons. The molecule has 28 heavy (non-hydrogen) atoms. The van der Waals surface area contributed by atoms with Crippen molar-refractivity contribution in [2.24, 2.45) is 0 Å². The number of carbonyl (C=O) groups is 2. The molecule has 2 N–H and O–H groups in total. The van der Waals surface area contributed by atoms with Gasteiger partial charge in [0.2, 0.25) is 11.8 Å². The second-order valence-corrected chi connectivity index (χ2v) is 8.87. The average molecular weight is 401 g/mol. The van der Waals surface area contributed by atoms with E-state index in [1.807, 2.05) is 12.1 Å². The number of fused-ring (bicyclic) bond motifs is 1. The third kappa shape index (κ3) is 4.33. The number of hydrogen-bond acceptors (Lipinski definition) is 5. The first-order valence-corrected chi connectivity index (χ1v) is 10.7. The fourth-order valence-electron chi connectivity index (χ4n) is 3.14. The number of nitrogens with zero attached hydrogens (tertiary/aromatic N) is 1. The van der Waals surface area contributed by atoms with Gasteiger partial charge in [-0.25, -0.2) is 8.42 Å². The van der Waals surface area contributed by atoms with Crippen LogP contribution in [-0.2, 0) is 25.8 Å². The monoisotopic (exact) mass is 401 g/mol. The molecule has 0 aromatic heterocycles. The highest BCUT2D eigenvalue weighted by molar-refractivity contribution is 7.91. The van der Waals surface area contributed by atoms with Crippen LogP contribution in [-0.4, -0.2) is 39.1 Å². The van der Waals surface area contributed by atoms with Gasteiger partial charge in [-0.05, 0) is 54.4 Å². The first-order valence-electron chi connectivity index (χ1n) is 9.07. The maximum atomic E-state index is 12.2. The van der Waals surface area contributed by atoms with Crippen molar-refractivity contribution in [3.05, 3.63) is 48.0 Å². The summed E-state index contributed by atoms with van der Waals surface area (Å²) in [6.07, 6.45) is 0.768. The topological polar surface area (TPSA) is 95.6 Å². The zero-order chi connectivity index (χ0) is 20.3. The lowest BCUT2D eigenvalue weighted by Gasteiger charge is -2.15. The molecule has 0 spiro atoms. The van der Waals surface area contributed by atoms with Gasteiger partial charge in [-0.2, -0.15) is 0 Å². The van der Waals surface area contributed by atoms with Gasteiger partial charge in [0.05, 0.1) is 17.2 Å². The molecule has 7 nitrogen and oxygen atoms in total. The lowest BCUT2D eigenvalue weighted by molar-refractivity contribution is -0.116. The van der Waals surface area contributed by atoms with Gasteiger partial charge in [0.25, 0.3) is 0 Å². The number of benzene rings is 2. The van der Waals surface area contributed by atoms with Crippen molar-refractivity contribution < 1.29 is 18.0 Å². The summed E-state index contributed by atoms with van der Waals surface area (Å²) in [4.78, 5) is 25.8. The zero-order valence-electron chi connectivity index (χ0n) is 15.9. The van der Waals surface area contributed by atoms with Crippen LogP contribution in [0.3, 0.4) is 0 Å². The number of rotatable bonds is 6. The van der Waals surface area contributed by atoms with Crippen LogP contribution in [0.5, 0.6) is 0 Å². The second kappa shape index (κ2) is 8.02. The van der Waals surface area contributed by atoms with Crippen LogP contribution >= 0.6 is 0 Å². The normalized spacial score (nSPS) is 13.1. The van der Waals surface area contributed by atoms with Crippen molar-refractivity contribution in [1.29, 1.82) is 0 Å². The molecule has 3 rings (SSSR count). The predicted molar refractivity (Wildman–Crippen MR) is 109 cm³/mol.